The van der Waals surface area contributed by atoms with Gasteiger partial charge < -0.3 is 19.9 Å². The number of amides is 1. The molecule has 3 rings (SSSR count). The summed E-state index contributed by atoms with van der Waals surface area (Å²) in [5.41, 5.74) is 0.634. The Morgan fingerprint density at radius 1 is 1.35 bits per heavy atom. The lowest BCUT2D eigenvalue weighted by Crippen LogP contribution is -2.41. The molecule has 8 heteroatoms. The number of ether oxygens (including phenoxy) is 2. The molecule has 1 aromatic carbocycles. The van der Waals surface area contributed by atoms with Gasteiger partial charge in [-0.3, -0.25) is 14.5 Å². The van der Waals surface area contributed by atoms with Crippen LogP contribution in [0.25, 0.3) is 0 Å². The highest BCUT2D eigenvalue weighted by molar-refractivity contribution is 5.95. The minimum atomic E-state index is -0.800. The molecule has 0 saturated carbocycles. The van der Waals surface area contributed by atoms with Gasteiger partial charge in [0.2, 0.25) is 12.7 Å². The third kappa shape index (κ3) is 3.68. The van der Waals surface area contributed by atoms with Crippen molar-refractivity contribution in [2.24, 2.45) is 5.92 Å². The molecule has 0 aromatic heterocycles. The van der Waals surface area contributed by atoms with Crippen molar-refractivity contribution in [1.82, 2.24) is 4.90 Å². The molecular formula is C15H19ClN2O5. The van der Waals surface area contributed by atoms with E-state index in [1.165, 1.54) is 0 Å². The number of nitrogens with one attached hydrogen (secondary N) is 1. The van der Waals surface area contributed by atoms with Gasteiger partial charge in [0.05, 0.1) is 12.0 Å². The fourth-order valence-electron chi connectivity index (χ4n) is 2.73. The van der Waals surface area contributed by atoms with Gasteiger partial charge in [-0.25, -0.2) is 0 Å². The average molecular weight is 343 g/mol. The number of hydrogen-bond donors (Lipinski definition) is 2. The molecule has 0 spiro atoms. The van der Waals surface area contributed by atoms with Crippen molar-refractivity contribution in [3.8, 4) is 11.5 Å². The van der Waals surface area contributed by atoms with Crippen LogP contribution in [0.5, 0.6) is 11.5 Å². The maximum absolute atomic E-state index is 12.3. The molecule has 2 aliphatic rings. The Morgan fingerprint density at radius 2 is 2.09 bits per heavy atom. The molecule has 0 aliphatic carbocycles. The summed E-state index contributed by atoms with van der Waals surface area (Å²) in [6, 6.07) is 4.84. The predicted molar refractivity (Wildman–Crippen MR) is 85.2 cm³/mol. The van der Waals surface area contributed by atoms with E-state index in [1.54, 1.807) is 25.1 Å². The molecule has 1 saturated heterocycles. The molecular weight excluding hydrogens is 324 g/mol. The number of carboxylic acid groups (broad SMARTS) is 1. The first-order chi connectivity index (χ1) is 10.5. The summed E-state index contributed by atoms with van der Waals surface area (Å²) in [4.78, 5) is 25.2. The number of carbonyl (C=O) groups is 2. The molecule has 1 aromatic rings. The number of nitrogens with zero attached hydrogens (tertiary/aromatic N) is 1. The number of hydrogen-bond acceptors (Lipinski definition) is 5. The summed E-state index contributed by atoms with van der Waals surface area (Å²) in [5.74, 6) is -0.0796. The van der Waals surface area contributed by atoms with Gasteiger partial charge in [-0.15, -0.1) is 12.4 Å². The molecule has 2 heterocycles. The molecule has 1 amide bonds. The largest absolute Gasteiger partial charge is 0.481 e. The van der Waals surface area contributed by atoms with Crippen LogP contribution < -0.4 is 14.8 Å². The van der Waals surface area contributed by atoms with Crippen LogP contribution in [0.1, 0.15) is 13.3 Å². The Bertz CT molecular complexity index is 610. The van der Waals surface area contributed by atoms with Gasteiger partial charge >= 0.3 is 5.97 Å². The van der Waals surface area contributed by atoms with Gasteiger partial charge in [0.25, 0.3) is 0 Å². The Labute approximate surface area is 140 Å². The van der Waals surface area contributed by atoms with Crippen LogP contribution in [0, 0.1) is 5.92 Å². The molecule has 2 N–H and O–H groups in total. The topological polar surface area (TPSA) is 88.1 Å². The second-order valence-electron chi connectivity index (χ2n) is 5.55. The lowest BCUT2D eigenvalue weighted by Gasteiger charge is -2.23. The Hall–Kier alpha value is -1.99. The maximum Gasteiger partial charge on any atom is 0.307 e. The van der Waals surface area contributed by atoms with E-state index < -0.39 is 5.97 Å². The van der Waals surface area contributed by atoms with Crippen LogP contribution in [0.15, 0.2) is 18.2 Å². The Kier molecular flexibility index (Phi) is 5.33. The van der Waals surface area contributed by atoms with E-state index in [0.29, 0.717) is 36.7 Å². The Morgan fingerprint density at radius 3 is 2.78 bits per heavy atom. The summed E-state index contributed by atoms with van der Waals surface area (Å²) < 4.78 is 10.5. The van der Waals surface area contributed by atoms with Gasteiger partial charge in [-0.1, -0.05) is 0 Å². The van der Waals surface area contributed by atoms with E-state index in [0.717, 1.165) is 0 Å². The van der Waals surface area contributed by atoms with E-state index in [1.807, 2.05) is 4.90 Å². The fraction of sp³-hybridized carbons (Fsp3) is 0.467. The van der Waals surface area contributed by atoms with Gasteiger partial charge in [0.1, 0.15) is 0 Å². The van der Waals surface area contributed by atoms with E-state index in [2.05, 4.69) is 5.32 Å². The summed E-state index contributed by atoms with van der Waals surface area (Å²) in [7, 11) is 0. The fourth-order valence-corrected chi connectivity index (χ4v) is 2.73. The minimum Gasteiger partial charge on any atom is -0.481 e. The lowest BCUT2D eigenvalue weighted by atomic mass is 10.1. The number of likely N-dealkylation sites (tertiary alicyclic amines) is 1. The Balaban J connectivity index is 0.00000192. The van der Waals surface area contributed by atoms with Crippen LogP contribution in [0.4, 0.5) is 5.69 Å². The van der Waals surface area contributed by atoms with Crippen molar-refractivity contribution in [3.63, 3.8) is 0 Å². The number of carboxylic acids is 1. The SMILES string of the molecule is CC(C(=O)Nc1ccc2c(c1)OCO2)N1CCC(C(=O)O)C1.Cl. The number of halogens is 1. The van der Waals surface area contributed by atoms with Gasteiger partial charge in [-0.2, -0.15) is 0 Å². The monoisotopic (exact) mass is 342 g/mol. The third-order valence-corrected chi connectivity index (χ3v) is 4.14. The lowest BCUT2D eigenvalue weighted by molar-refractivity contribution is -0.141. The summed E-state index contributed by atoms with van der Waals surface area (Å²) in [5, 5.41) is 11.9. The van der Waals surface area contributed by atoms with E-state index >= 15 is 0 Å². The molecule has 0 bridgehead atoms. The predicted octanol–water partition coefficient (Wildman–Crippen LogP) is 1.57. The van der Waals surface area contributed by atoms with Crippen LogP contribution in [-0.2, 0) is 9.59 Å². The van der Waals surface area contributed by atoms with Crippen molar-refractivity contribution in [3.05, 3.63) is 18.2 Å². The number of carbonyl (C=O) groups excluding carboxylic acids is 1. The second kappa shape index (κ2) is 7.06. The van der Waals surface area contributed by atoms with E-state index in [4.69, 9.17) is 14.6 Å². The summed E-state index contributed by atoms with van der Waals surface area (Å²) in [6.07, 6.45) is 0.580. The molecule has 2 atom stereocenters. The zero-order valence-corrected chi connectivity index (χ0v) is 13.5. The van der Waals surface area contributed by atoms with Crippen molar-refractivity contribution in [2.75, 3.05) is 25.2 Å². The van der Waals surface area contributed by atoms with Crippen molar-refractivity contribution < 1.29 is 24.2 Å². The maximum atomic E-state index is 12.3. The van der Waals surface area contributed by atoms with Gasteiger partial charge in [-0.05, 0) is 32.0 Å². The molecule has 0 radical (unpaired) electrons. The number of anilines is 1. The van der Waals surface area contributed by atoms with Crippen molar-refractivity contribution in [1.29, 1.82) is 0 Å². The minimum absolute atomic E-state index is 0. The first-order valence-corrected chi connectivity index (χ1v) is 7.22. The molecule has 126 valence electrons. The number of benzene rings is 1. The molecule has 23 heavy (non-hydrogen) atoms. The molecule has 1 fully saturated rings. The highest BCUT2D eigenvalue weighted by Gasteiger charge is 2.33. The average Bonchev–Trinajstić information content (AvgIpc) is 3.15. The van der Waals surface area contributed by atoms with Crippen LogP contribution in [0.2, 0.25) is 0 Å². The van der Waals surface area contributed by atoms with Crippen molar-refractivity contribution in [2.45, 2.75) is 19.4 Å². The summed E-state index contributed by atoms with van der Waals surface area (Å²) >= 11 is 0. The quantitative estimate of drug-likeness (QED) is 0.863. The smallest absolute Gasteiger partial charge is 0.307 e. The number of fused-ring (bicyclic) bond motifs is 1. The van der Waals surface area contributed by atoms with E-state index in [9.17, 15) is 9.59 Å². The first-order valence-electron chi connectivity index (χ1n) is 7.22. The standard InChI is InChI=1S/C15H18N2O5.ClH/c1-9(17-5-4-10(7-17)15(19)20)14(18)16-11-2-3-12-13(6-11)22-8-21-12;/h2-3,6,9-10H,4-5,7-8H2,1H3,(H,16,18)(H,19,20);1H. The zero-order valence-electron chi connectivity index (χ0n) is 12.7. The highest BCUT2D eigenvalue weighted by atomic mass is 35.5. The number of rotatable bonds is 4. The van der Waals surface area contributed by atoms with Gasteiger partial charge in [0.15, 0.2) is 11.5 Å². The van der Waals surface area contributed by atoms with Crippen LogP contribution in [0.3, 0.4) is 0 Å². The van der Waals surface area contributed by atoms with Gasteiger partial charge in [0, 0.05) is 18.3 Å². The third-order valence-electron chi connectivity index (χ3n) is 4.14. The van der Waals surface area contributed by atoms with Crippen molar-refractivity contribution >= 4 is 30.0 Å². The normalized spacial score (nSPS) is 20.7. The van der Waals surface area contributed by atoms with Crippen LogP contribution >= 0.6 is 12.4 Å². The first kappa shape index (κ1) is 17.4. The number of aliphatic carboxylic acids is 1. The highest BCUT2D eigenvalue weighted by Crippen LogP contribution is 2.34. The zero-order chi connectivity index (χ0) is 15.7. The molecule has 2 aliphatic heterocycles. The second-order valence-corrected chi connectivity index (χ2v) is 5.55. The van der Waals surface area contributed by atoms with Crippen LogP contribution in [-0.4, -0.2) is 47.8 Å². The molecule has 7 nitrogen and oxygen atoms in total. The van der Waals surface area contributed by atoms with E-state index in [-0.39, 0.29) is 37.1 Å². The molecule has 2 unspecified atom stereocenters. The summed E-state index contributed by atoms with van der Waals surface area (Å²) in [6.45, 7) is 3.00.